The van der Waals surface area contributed by atoms with Crippen molar-refractivity contribution in [3.05, 3.63) is 35.7 Å². The number of aryl methyl sites for hydroxylation is 1. The van der Waals surface area contributed by atoms with Gasteiger partial charge in [-0.3, -0.25) is 9.89 Å². The van der Waals surface area contributed by atoms with E-state index in [4.69, 9.17) is 4.74 Å². The van der Waals surface area contributed by atoms with Crippen molar-refractivity contribution in [3.8, 4) is 5.88 Å². The molecule has 6 nitrogen and oxygen atoms in total. The van der Waals surface area contributed by atoms with Gasteiger partial charge in [-0.25, -0.2) is 4.98 Å². The summed E-state index contributed by atoms with van der Waals surface area (Å²) >= 11 is 0. The van der Waals surface area contributed by atoms with Gasteiger partial charge < -0.3 is 10.1 Å². The fourth-order valence-electron chi connectivity index (χ4n) is 1.52. The Morgan fingerprint density at radius 3 is 3.06 bits per heavy atom. The minimum Gasteiger partial charge on any atom is -0.480 e. The third-order valence-electron chi connectivity index (χ3n) is 2.46. The molecule has 0 bridgehead atoms. The zero-order valence-electron chi connectivity index (χ0n) is 10.2. The molecule has 2 aromatic heterocycles. The molecule has 94 valence electrons. The number of carbonyl (C=O) groups is 1. The SMILES string of the molecule is CCc1cc(NC(=O)c2cccnc2OC)n[nH]1. The number of aromatic amines is 1. The highest BCUT2D eigenvalue weighted by molar-refractivity contribution is 6.05. The number of aromatic nitrogens is 3. The van der Waals surface area contributed by atoms with Crippen LogP contribution in [0.4, 0.5) is 5.82 Å². The molecule has 2 N–H and O–H groups in total. The molecule has 0 saturated carbocycles. The molecule has 0 aromatic carbocycles. The number of ether oxygens (including phenoxy) is 1. The Morgan fingerprint density at radius 1 is 1.56 bits per heavy atom. The van der Waals surface area contributed by atoms with Crippen LogP contribution in [0.2, 0.25) is 0 Å². The quantitative estimate of drug-likeness (QED) is 0.859. The zero-order valence-corrected chi connectivity index (χ0v) is 10.2. The summed E-state index contributed by atoms with van der Waals surface area (Å²) in [4.78, 5) is 16.0. The number of methoxy groups -OCH3 is 1. The lowest BCUT2D eigenvalue weighted by molar-refractivity contribution is 0.102. The second-order valence-electron chi connectivity index (χ2n) is 3.65. The van der Waals surface area contributed by atoms with Crippen molar-refractivity contribution in [1.82, 2.24) is 15.2 Å². The molecule has 1 amide bonds. The Morgan fingerprint density at radius 2 is 2.39 bits per heavy atom. The molecule has 6 heteroatoms. The van der Waals surface area contributed by atoms with Crippen LogP contribution in [0.15, 0.2) is 24.4 Å². The fourth-order valence-corrected chi connectivity index (χ4v) is 1.52. The number of hydrogen-bond acceptors (Lipinski definition) is 4. The van der Waals surface area contributed by atoms with Gasteiger partial charge in [0.1, 0.15) is 5.56 Å². The van der Waals surface area contributed by atoms with Gasteiger partial charge >= 0.3 is 0 Å². The number of H-pyrrole nitrogens is 1. The molecular weight excluding hydrogens is 232 g/mol. The molecule has 0 saturated heterocycles. The lowest BCUT2D eigenvalue weighted by Gasteiger charge is -2.05. The molecule has 0 radical (unpaired) electrons. The maximum absolute atomic E-state index is 12.0. The van der Waals surface area contributed by atoms with Crippen molar-refractivity contribution in [2.24, 2.45) is 0 Å². The zero-order chi connectivity index (χ0) is 13.0. The first-order chi connectivity index (χ1) is 8.74. The molecule has 0 aliphatic heterocycles. The van der Waals surface area contributed by atoms with E-state index < -0.39 is 0 Å². The first-order valence-electron chi connectivity index (χ1n) is 5.59. The first-order valence-corrected chi connectivity index (χ1v) is 5.59. The van der Waals surface area contributed by atoms with Crippen LogP contribution in [0.3, 0.4) is 0 Å². The topological polar surface area (TPSA) is 79.9 Å². The average molecular weight is 246 g/mol. The van der Waals surface area contributed by atoms with E-state index in [1.165, 1.54) is 7.11 Å². The van der Waals surface area contributed by atoms with Crippen molar-refractivity contribution in [1.29, 1.82) is 0 Å². The van der Waals surface area contributed by atoms with E-state index in [0.717, 1.165) is 12.1 Å². The molecule has 0 aliphatic rings. The third kappa shape index (κ3) is 2.48. The van der Waals surface area contributed by atoms with Crippen LogP contribution in [-0.4, -0.2) is 28.2 Å². The highest BCUT2D eigenvalue weighted by Gasteiger charge is 2.13. The van der Waals surface area contributed by atoms with Crippen LogP contribution in [-0.2, 0) is 6.42 Å². The largest absolute Gasteiger partial charge is 0.480 e. The monoisotopic (exact) mass is 246 g/mol. The molecule has 0 unspecified atom stereocenters. The summed E-state index contributed by atoms with van der Waals surface area (Å²) in [6, 6.07) is 5.12. The Kier molecular flexibility index (Phi) is 3.57. The van der Waals surface area contributed by atoms with Gasteiger partial charge in [0.05, 0.1) is 7.11 Å². The van der Waals surface area contributed by atoms with Gasteiger partial charge in [0.15, 0.2) is 5.82 Å². The van der Waals surface area contributed by atoms with Crippen LogP contribution < -0.4 is 10.1 Å². The van der Waals surface area contributed by atoms with E-state index in [2.05, 4.69) is 20.5 Å². The average Bonchev–Trinajstić information content (AvgIpc) is 2.86. The Bertz CT molecular complexity index is 551. The van der Waals surface area contributed by atoms with Gasteiger partial charge in [-0.1, -0.05) is 6.92 Å². The van der Waals surface area contributed by atoms with Gasteiger partial charge in [0.25, 0.3) is 5.91 Å². The van der Waals surface area contributed by atoms with Crippen molar-refractivity contribution < 1.29 is 9.53 Å². The van der Waals surface area contributed by atoms with Crippen molar-refractivity contribution in [2.75, 3.05) is 12.4 Å². The second kappa shape index (κ2) is 5.31. The lowest BCUT2D eigenvalue weighted by Crippen LogP contribution is -2.14. The van der Waals surface area contributed by atoms with Crippen LogP contribution in [0.5, 0.6) is 5.88 Å². The van der Waals surface area contributed by atoms with Crippen molar-refractivity contribution in [2.45, 2.75) is 13.3 Å². The fraction of sp³-hybridized carbons (Fsp3) is 0.250. The molecule has 0 aliphatic carbocycles. The van der Waals surface area contributed by atoms with Gasteiger partial charge in [-0.15, -0.1) is 0 Å². The summed E-state index contributed by atoms with van der Waals surface area (Å²) < 4.78 is 5.03. The summed E-state index contributed by atoms with van der Waals surface area (Å²) in [6.07, 6.45) is 2.40. The first kappa shape index (κ1) is 12.1. The smallest absolute Gasteiger partial charge is 0.262 e. The summed E-state index contributed by atoms with van der Waals surface area (Å²) in [5.41, 5.74) is 1.34. The minimum absolute atomic E-state index is 0.293. The Hall–Kier alpha value is -2.37. The number of nitrogens with zero attached hydrogens (tertiary/aromatic N) is 2. The number of carbonyl (C=O) groups excluding carboxylic acids is 1. The molecular formula is C12H14N4O2. The lowest BCUT2D eigenvalue weighted by atomic mass is 10.2. The number of amides is 1. The minimum atomic E-state index is -0.297. The second-order valence-corrected chi connectivity index (χ2v) is 3.65. The maximum Gasteiger partial charge on any atom is 0.262 e. The van der Waals surface area contributed by atoms with Crippen LogP contribution >= 0.6 is 0 Å². The van der Waals surface area contributed by atoms with Crippen LogP contribution in [0.1, 0.15) is 23.0 Å². The van der Waals surface area contributed by atoms with Crippen molar-refractivity contribution >= 4 is 11.7 Å². The molecule has 0 fully saturated rings. The number of anilines is 1. The predicted octanol–water partition coefficient (Wildman–Crippen LogP) is 1.63. The van der Waals surface area contributed by atoms with E-state index in [1.54, 1.807) is 24.4 Å². The van der Waals surface area contributed by atoms with E-state index >= 15 is 0 Å². The standard InChI is InChI=1S/C12H14N4O2/c1-3-8-7-10(16-15-8)14-11(17)9-5-4-6-13-12(9)18-2/h4-7H,3H2,1-2H3,(H2,14,15,16,17). The molecule has 2 rings (SSSR count). The Labute approximate surface area is 104 Å². The Balaban J connectivity index is 2.16. The van der Waals surface area contributed by atoms with Crippen LogP contribution in [0.25, 0.3) is 0 Å². The normalized spacial score (nSPS) is 10.1. The van der Waals surface area contributed by atoms with E-state index in [9.17, 15) is 4.79 Å². The number of nitrogens with one attached hydrogen (secondary N) is 2. The van der Waals surface area contributed by atoms with E-state index in [1.807, 2.05) is 6.92 Å². The van der Waals surface area contributed by atoms with Crippen LogP contribution in [0, 0.1) is 0 Å². The summed E-state index contributed by atoms with van der Waals surface area (Å²) in [5, 5.41) is 9.51. The molecule has 18 heavy (non-hydrogen) atoms. The molecule has 2 aromatic rings. The highest BCUT2D eigenvalue weighted by atomic mass is 16.5. The summed E-state index contributed by atoms with van der Waals surface area (Å²) in [5.74, 6) is 0.484. The molecule has 2 heterocycles. The van der Waals surface area contributed by atoms with Gasteiger partial charge in [-0.05, 0) is 18.6 Å². The van der Waals surface area contributed by atoms with Gasteiger partial charge in [0.2, 0.25) is 5.88 Å². The van der Waals surface area contributed by atoms with E-state index in [-0.39, 0.29) is 5.91 Å². The van der Waals surface area contributed by atoms with Gasteiger partial charge in [-0.2, -0.15) is 5.10 Å². The predicted molar refractivity (Wildman–Crippen MR) is 66.7 cm³/mol. The summed E-state index contributed by atoms with van der Waals surface area (Å²) in [6.45, 7) is 2.00. The molecule has 0 atom stereocenters. The third-order valence-corrected chi connectivity index (χ3v) is 2.46. The molecule has 0 spiro atoms. The van der Waals surface area contributed by atoms with Gasteiger partial charge in [0, 0.05) is 18.0 Å². The number of hydrogen-bond donors (Lipinski definition) is 2. The van der Waals surface area contributed by atoms with E-state index in [0.29, 0.717) is 17.3 Å². The summed E-state index contributed by atoms with van der Waals surface area (Å²) in [7, 11) is 1.48. The van der Waals surface area contributed by atoms with Crippen molar-refractivity contribution in [3.63, 3.8) is 0 Å². The highest BCUT2D eigenvalue weighted by Crippen LogP contribution is 2.15. The number of rotatable bonds is 4. The number of pyridine rings is 1. The maximum atomic E-state index is 12.0.